The lowest BCUT2D eigenvalue weighted by Gasteiger charge is -2.35. The number of esters is 1. The predicted molar refractivity (Wildman–Crippen MR) is 82.9 cm³/mol. The van der Waals surface area contributed by atoms with Crippen LogP contribution >= 0.6 is 0 Å². The van der Waals surface area contributed by atoms with Gasteiger partial charge in [-0.1, -0.05) is 12.2 Å². The van der Waals surface area contributed by atoms with Crippen LogP contribution in [0.15, 0.2) is 12.2 Å². The highest BCUT2D eigenvalue weighted by molar-refractivity contribution is 5.72. The minimum Gasteiger partial charge on any atom is -0.466 e. The number of hydrogen-bond donors (Lipinski definition) is 2. The predicted octanol–water partition coefficient (Wildman–Crippen LogP) is 2.42. The van der Waals surface area contributed by atoms with Crippen molar-refractivity contribution in [1.29, 1.82) is 0 Å². The zero-order chi connectivity index (χ0) is 15.1. The lowest BCUT2D eigenvalue weighted by Crippen LogP contribution is -2.45. The summed E-state index contributed by atoms with van der Waals surface area (Å²) in [6.45, 7) is 3.90. The normalized spacial score (nSPS) is 32.9. The number of rotatable bonds is 6. The minimum atomic E-state index is -0.645. The molecule has 1 saturated carbocycles. The summed E-state index contributed by atoms with van der Waals surface area (Å²) in [6.07, 6.45) is 10.9. The second-order valence-electron chi connectivity index (χ2n) is 6.53. The van der Waals surface area contributed by atoms with Gasteiger partial charge in [-0.15, -0.1) is 0 Å². The van der Waals surface area contributed by atoms with Crippen LogP contribution < -0.4 is 5.32 Å². The van der Waals surface area contributed by atoms with Gasteiger partial charge in [-0.2, -0.15) is 0 Å². The molecule has 0 aromatic rings. The van der Waals surface area contributed by atoms with Gasteiger partial charge in [-0.3, -0.25) is 4.79 Å². The van der Waals surface area contributed by atoms with E-state index in [2.05, 4.69) is 17.5 Å². The quantitative estimate of drug-likeness (QED) is 0.583. The average Bonchev–Trinajstić information content (AvgIpc) is 2.49. The summed E-state index contributed by atoms with van der Waals surface area (Å²) in [5, 5.41) is 14.0. The van der Waals surface area contributed by atoms with Gasteiger partial charge >= 0.3 is 5.97 Å². The summed E-state index contributed by atoms with van der Waals surface area (Å²) in [7, 11) is 0. The van der Waals surface area contributed by atoms with Crippen molar-refractivity contribution in [2.45, 2.75) is 57.5 Å². The molecule has 4 heteroatoms. The molecule has 0 aromatic heterocycles. The molecule has 1 fully saturated rings. The standard InChI is InChI=1S/C17H29NO3/c1-2-21-16(19)15-8-10-17(20,11-9-15)13-18-12-14-6-4-3-5-7-14/h3-4,14-15,18,20H,2,5-13H2,1H3. The number of allylic oxidation sites excluding steroid dienone is 2. The third kappa shape index (κ3) is 5.11. The summed E-state index contributed by atoms with van der Waals surface area (Å²) in [6, 6.07) is 0. The Labute approximate surface area is 127 Å². The fourth-order valence-corrected chi connectivity index (χ4v) is 3.38. The highest BCUT2D eigenvalue weighted by atomic mass is 16.5. The summed E-state index contributed by atoms with van der Waals surface area (Å²) in [4.78, 5) is 11.7. The lowest BCUT2D eigenvalue weighted by molar-refractivity contribution is -0.151. The fourth-order valence-electron chi connectivity index (χ4n) is 3.38. The number of carbonyl (C=O) groups excluding carboxylic acids is 1. The average molecular weight is 295 g/mol. The molecule has 0 heterocycles. The van der Waals surface area contributed by atoms with E-state index in [4.69, 9.17) is 4.74 Å². The SMILES string of the molecule is CCOC(=O)C1CCC(O)(CNCC2CC=CCC2)CC1. The Kier molecular flexibility index (Phi) is 6.24. The highest BCUT2D eigenvalue weighted by Gasteiger charge is 2.36. The van der Waals surface area contributed by atoms with Gasteiger partial charge in [0, 0.05) is 6.54 Å². The molecule has 0 bridgehead atoms. The van der Waals surface area contributed by atoms with Crippen molar-refractivity contribution in [1.82, 2.24) is 5.32 Å². The number of hydrogen-bond acceptors (Lipinski definition) is 4. The van der Waals surface area contributed by atoms with Gasteiger partial charge in [0.25, 0.3) is 0 Å². The number of carbonyl (C=O) groups is 1. The van der Waals surface area contributed by atoms with E-state index in [1.54, 1.807) is 0 Å². The van der Waals surface area contributed by atoms with Gasteiger partial charge in [0.2, 0.25) is 0 Å². The first-order valence-electron chi connectivity index (χ1n) is 8.38. The first kappa shape index (κ1) is 16.5. The molecule has 1 unspecified atom stereocenters. The van der Waals surface area contributed by atoms with Crippen molar-refractivity contribution in [2.24, 2.45) is 11.8 Å². The smallest absolute Gasteiger partial charge is 0.308 e. The van der Waals surface area contributed by atoms with E-state index >= 15 is 0 Å². The molecule has 0 radical (unpaired) electrons. The third-order valence-corrected chi connectivity index (χ3v) is 4.80. The van der Waals surface area contributed by atoms with Gasteiger partial charge in [-0.25, -0.2) is 0 Å². The monoisotopic (exact) mass is 295 g/mol. The Hall–Kier alpha value is -0.870. The zero-order valence-corrected chi connectivity index (χ0v) is 13.1. The number of aliphatic hydroxyl groups is 1. The van der Waals surface area contributed by atoms with E-state index in [0.717, 1.165) is 25.8 Å². The molecule has 0 aliphatic heterocycles. The van der Waals surface area contributed by atoms with Gasteiger partial charge in [0.15, 0.2) is 0 Å². The molecular weight excluding hydrogens is 266 g/mol. The molecule has 0 amide bonds. The highest BCUT2D eigenvalue weighted by Crippen LogP contribution is 2.32. The van der Waals surface area contributed by atoms with Gasteiger partial charge < -0.3 is 15.2 Å². The summed E-state index contributed by atoms with van der Waals surface area (Å²) in [5.41, 5.74) is -0.645. The fraction of sp³-hybridized carbons (Fsp3) is 0.824. The molecular formula is C17H29NO3. The van der Waals surface area contributed by atoms with E-state index in [1.807, 2.05) is 6.92 Å². The van der Waals surface area contributed by atoms with Crippen LogP contribution in [-0.2, 0) is 9.53 Å². The second kappa shape index (κ2) is 7.95. The van der Waals surface area contributed by atoms with Gasteiger partial charge in [0.05, 0.1) is 18.1 Å². The Morgan fingerprint density at radius 2 is 2.10 bits per heavy atom. The molecule has 2 aliphatic rings. The Morgan fingerprint density at radius 1 is 1.33 bits per heavy atom. The van der Waals surface area contributed by atoms with Gasteiger partial charge in [-0.05, 0) is 64.3 Å². The first-order chi connectivity index (χ1) is 10.1. The summed E-state index contributed by atoms with van der Waals surface area (Å²) < 4.78 is 5.07. The molecule has 4 nitrogen and oxygen atoms in total. The van der Waals surface area contributed by atoms with E-state index < -0.39 is 5.60 Å². The topological polar surface area (TPSA) is 58.6 Å². The summed E-state index contributed by atoms with van der Waals surface area (Å²) in [5.74, 6) is 0.588. The second-order valence-corrected chi connectivity index (χ2v) is 6.53. The lowest BCUT2D eigenvalue weighted by atomic mass is 9.78. The van der Waals surface area contributed by atoms with Crippen molar-refractivity contribution in [2.75, 3.05) is 19.7 Å². The van der Waals surface area contributed by atoms with Crippen LogP contribution in [0.4, 0.5) is 0 Å². The largest absolute Gasteiger partial charge is 0.466 e. The molecule has 2 aliphatic carbocycles. The Morgan fingerprint density at radius 3 is 2.71 bits per heavy atom. The summed E-state index contributed by atoms with van der Waals surface area (Å²) >= 11 is 0. The molecule has 0 saturated heterocycles. The third-order valence-electron chi connectivity index (χ3n) is 4.80. The number of ether oxygens (including phenoxy) is 1. The molecule has 2 N–H and O–H groups in total. The van der Waals surface area contributed by atoms with Crippen molar-refractivity contribution in [3.8, 4) is 0 Å². The van der Waals surface area contributed by atoms with Crippen LogP contribution in [0.5, 0.6) is 0 Å². The van der Waals surface area contributed by atoms with E-state index in [9.17, 15) is 9.90 Å². The first-order valence-corrected chi connectivity index (χ1v) is 8.38. The molecule has 2 rings (SSSR count). The van der Waals surface area contributed by atoms with Crippen molar-refractivity contribution < 1.29 is 14.6 Å². The minimum absolute atomic E-state index is 0.0197. The van der Waals surface area contributed by atoms with E-state index in [-0.39, 0.29) is 11.9 Å². The van der Waals surface area contributed by atoms with Crippen LogP contribution in [-0.4, -0.2) is 36.4 Å². The molecule has 0 spiro atoms. The Balaban J connectivity index is 1.67. The van der Waals surface area contributed by atoms with Crippen molar-refractivity contribution >= 4 is 5.97 Å². The maximum Gasteiger partial charge on any atom is 0.308 e. The van der Waals surface area contributed by atoms with Crippen LogP contribution in [0, 0.1) is 11.8 Å². The van der Waals surface area contributed by atoms with Gasteiger partial charge in [0.1, 0.15) is 0 Å². The maximum absolute atomic E-state index is 11.7. The van der Waals surface area contributed by atoms with E-state index in [1.165, 1.54) is 12.8 Å². The molecule has 120 valence electrons. The van der Waals surface area contributed by atoms with Crippen LogP contribution in [0.25, 0.3) is 0 Å². The Bertz CT molecular complexity index is 359. The molecule has 1 atom stereocenters. The molecule has 0 aromatic carbocycles. The van der Waals surface area contributed by atoms with Crippen molar-refractivity contribution in [3.63, 3.8) is 0 Å². The van der Waals surface area contributed by atoms with E-state index in [0.29, 0.717) is 31.9 Å². The van der Waals surface area contributed by atoms with Crippen LogP contribution in [0.1, 0.15) is 51.9 Å². The zero-order valence-electron chi connectivity index (χ0n) is 13.1. The van der Waals surface area contributed by atoms with Crippen LogP contribution in [0.2, 0.25) is 0 Å². The van der Waals surface area contributed by atoms with Crippen LogP contribution in [0.3, 0.4) is 0 Å². The van der Waals surface area contributed by atoms with Crippen molar-refractivity contribution in [3.05, 3.63) is 12.2 Å². The maximum atomic E-state index is 11.7. The number of nitrogens with one attached hydrogen (secondary N) is 1. The molecule has 21 heavy (non-hydrogen) atoms.